The minimum Gasteiger partial charge on any atom is -0.480 e. The van der Waals surface area contributed by atoms with Crippen LogP contribution < -0.4 is 5.32 Å². The summed E-state index contributed by atoms with van der Waals surface area (Å²) in [4.78, 5) is 28.6. The molecule has 0 aliphatic heterocycles. The normalized spacial score (nSPS) is 12.8. The molecule has 2 heterocycles. The van der Waals surface area contributed by atoms with Gasteiger partial charge in [-0.25, -0.2) is 9.78 Å². The van der Waals surface area contributed by atoms with E-state index >= 15 is 0 Å². The summed E-state index contributed by atoms with van der Waals surface area (Å²) in [7, 11) is 0. The first-order chi connectivity index (χ1) is 11.2. The molecule has 24 heavy (non-hydrogen) atoms. The van der Waals surface area contributed by atoms with Crippen molar-refractivity contribution in [1.29, 1.82) is 0 Å². The van der Waals surface area contributed by atoms with Crippen LogP contribution in [0.4, 0.5) is 0 Å². The van der Waals surface area contributed by atoms with Gasteiger partial charge in [-0.05, 0) is 29.7 Å². The van der Waals surface area contributed by atoms with E-state index in [0.717, 1.165) is 4.88 Å². The molecule has 2 N–H and O–H groups in total. The van der Waals surface area contributed by atoms with E-state index in [1.165, 1.54) is 17.6 Å². The highest BCUT2D eigenvalue weighted by atomic mass is 32.1. The van der Waals surface area contributed by atoms with Crippen molar-refractivity contribution >= 4 is 23.2 Å². The highest BCUT2D eigenvalue weighted by Crippen LogP contribution is 2.24. The first-order valence-electron chi connectivity index (χ1n) is 7.75. The summed E-state index contributed by atoms with van der Waals surface area (Å²) in [6, 6.07) is 2.89. The van der Waals surface area contributed by atoms with Crippen molar-refractivity contribution in [2.24, 2.45) is 5.41 Å². The molecule has 1 amide bonds. The van der Waals surface area contributed by atoms with Gasteiger partial charge in [-0.2, -0.15) is 0 Å². The highest BCUT2D eigenvalue weighted by Gasteiger charge is 2.23. The zero-order chi connectivity index (χ0) is 17.7. The minimum absolute atomic E-state index is 0.00578. The summed E-state index contributed by atoms with van der Waals surface area (Å²) in [6.07, 6.45) is 2.52. The van der Waals surface area contributed by atoms with Crippen molar-refractivity contribution in [3.05, 3.63) is 29.5 Å². The van der Waals surface area contributed by atoms with E-state index in [2.05, 4.69) is 10.3 Å². The zero-order valence-corrected chi connectivity index (χ0v) is 14.9. The molecule has 0 radical (unpaired) electrons. The van der Waals surface area contributed by atoms with E-state index in [4.69, 9.17) is 4.42 Å². The van der Waals surface area contributed by atoms with E-state index in [9.17, 15) is 14.7 Å². The highest BCUT2D eigenvalue weighted by molar-refractivity contribution is 7.13. The number of hydrogen-bond acceptors (Lipinski definition) is 5. The summed E-state index contributed by atoms with van der Waals surface area (Å²) in [5, 5.41) is 13.7. The number of amides is 1. The van der Waals surface area contributed by atoms with Crippen LogP contribution in [0.1, 0.15) is 39.3 Å². The Hall–Kier alpha value is -2.15. The lowest BCUT2D eigenvalue weighted by Crippen LogP contribution is -2.42. The lowest BCUT2D eigenvalue weighted by molar-refractivity contribution is -0.142. The lowest BCUT2D eigenvalue weighted by atomic mass is 9.88. The standard InChI is InChI=1S/C17H22N2O4S/c1-17(2,3)7-6-12(16(21)22)19-14(20)9-11-10-23-15(18-11)13-5-4-8-24-13/h4-5,8,10,12H,6-7,9H2,1-3H3,(H,19,20)(H,21,22). The van der Waals surface area contributed by atoms with Gasteiger partial charge in [0, 0.05) is 0 Å². The summed E-state index contributed by atoms with van der Waals surface area (Å²) in [5.74, 6) is -0.926. The maximum atomic E-state index is 12.1. The summed E-state index contributed by atoms with van der Waals surface area (Å²) in [5.41, 5.74) is 0.496. The molecule has 0 aromatic carbocycles. The number of oxazole rings is 1. The maximum absolute atomic E-state index is 12.1. The second-order valence-corrected chi connectivity index (χ2v) is 7.80. The third-order valence-electron chi connectivity index (χ3n) is 3.44. The molecule has 2 aromatic heterocycles. The number of nitrogens with one attached hydrogen (secondary N) is 1. The van der Waals surface area contributed by atoms with Gasteiger partial charge in [0.2, 0.25) is 11.8 Å². The van der Waals surface area contributed by atoms with E-state index in [0.29, 0.717) is 24.4 Å². The number of carboxylic acids is 1. The number of nitrogens with zero attached hydrogens (tertiary/aromatic N) is 1. The molecular formula is C17H22N2O4S. The molecule has 0 aliphatic carbocycles. The van der Waals surface area contributed by atoms with E-state index in [-0.39, 0.29) is 17.7 Å². The Kier molecular flexibility index (Phi) is 5.77. The average molecular weight is 350 g/mol. The second kappa shape index (κ2) is 7.61. The van der Waals surface area contributed by atoms with Gasteiger partial charge >= 0.3 is 5.97 Å². The van der Waals surface area contributed by atoms with E-state index in [1.807, 2.05) is 38.3 Å². The van der Waals surface area contributed by atoms with Crippen molar-refractivity contribution in [1.82, 2.24) is 10.3 Å². The van der Waals surface area contributed by atoms with Gasteiger partial charge in [0.05, 0.1) is 17.0 Å². The number of carbonyl (C=O) groups is 2. The third-order valence-corrected chi connectivity index (χ3v) is 4.30. The van der Waals surface area contributed by atoms with Gasteiger partial charge in [-0.3, -0.25) is 4.79 Å². The Morgan fingerprint density at radius 2 is 2.17 bits per heavy atom. The molecule has 0 bridgehead atoms. The molecule has 2 aromatic rings. The molecule has 2 rings (SSSR count). The van der Waals surface area contributed by atoms with E-state index < -0.39 is 12.0 Å². The van der Waals surface area contributed by atoms with Crippen molar-refractivity contribution in [2.45, 2.75) is 46.1 Å². The molecule has 7 heteroatoms. The lowest BCUT2D eigenvalue weighted by Gasteiger charge is -2.21. The van der Waals surface area contributed by atoms with Crippen LogP contribution in [0.3, 0.4) is 0 Å². The minimum atomic E-state index is -1.02. The first kappa shape index (κ1) is 18.2. The third kappa shape index (κ3) is 5.49. The van der Waals surface area contributed by atoms with Gasteiger partial charge in [0.15, 0.2) is 0 Å². The van der Waals surface area contributed by atoms with Crippen LogP contribution in [0, 0.1) is 5.41 Å². The van der Waals surface area contributed by atoms with Crippen LogP contribution in [-0.2, 0) is 16.0 Å². The number of carbonyl (C=O) groups excluding carboxylic acids is 1. The monoisotopic (exact) mass is 350 g/mol. The average Bonchev–Trinajstić information content (AvgIpc) is 3.12. The van der Waals surface area contributed by atoms with Gasteiger partial charge in [0.1, 0.15) is 12.3 Å². The molecule has 0 fully saturated rings. The second-order valence-electron chi connectivity index (χ2n) is 6.86. The first-order valence-corrected chi connectivity index (χ1v) is 8.63. The fourth-order valence-corrected chi connectivity index (χ4v) is 2.80. The smallest absolute Gasteiger partial charge is 0.326 e. The molecular weight excluding hydrogens is 328 g/mol. The molecule has 0 saturated carbocycles. The largest absolute Gasteiger partial charge is 0.480 e. The SMILES string of the molecule is CC(C)(C)CCC(NC(=O)Cc1coc(-c2cccs2)n1)C(=O)O. The molecule has 1 atom stereocenters. The number of aromatic nitrogens is 1. The van der Waals surface area contributed by atoms with Crippen LogP contribution in [0.2, 0.25) is 0 Å². The van der Waals surface area contributed by atoms with Gasteiger partial charge in [0.25, 0.3) is 0 Å². The number of thiophene rings is 1. The number of rotatable bonds is 7. The number of hydrogen-bond donors (Lipinski definition) is 2. The Morgan fingerprint density at radius 1 is 1.42 bits per heavy atom. The summed E-state index contributed by atoms with van der Waals surface area (Å²) in [6.45, 7) is 6.11. The predicted molar refractivity (Wildman–Crippen MR) is 91.8 cm³/mol. The summed E-state index contributed by atoms with van der Waals surface area (Å²) < 4.78 is 5.36. The van der Waals surface area contributed by atoms with Crippen LogP contribution in [0.15, 0.2) is 28.2 Å². The van der Waals surface area contributed by atoms with Crippen molar-refractivity contribution in [3.63, 3.8) is 0 Å². The van der Waals surface area contributed by atoms with Crippen LogP contribution in [0.25, 0.3) is 10.8 Å². The quantitative estimate of drug-likeness (QED) is 0.799. The number of aliphatic carboxylic acids is 1. The Morgan fingerprint density at radius 3 is 2.75 bits per heavy atom. The molecule has 0 spiro atoms. The van der Waals surface area contributed by atoms with Crippen LogP contribution >= 0.6 is 11.3 Å². The van der Waals surface area contributed by atoms with Crippen molar-refractivity contribution < 1.29 is 19.1 Å². The van der Waals surface area contributed by atoms with Crippen molar-refractivity contribution in [3.8, 4) is 10.8 Å². The van der Waals surface area contributed by atoms with Crippen LogP contribution in [-0.4, -0.2) is 28.0 Å². The van der Waals surface area contributed by atoms with Crippen molar-refractivity contribution in [2.75, 3.05) is 0 Å². The van der Waals surface area contributed by atoms with Gasteiger partial charge < -0.3 is 14.8 Å². The molecule has 130 valence electrons. The number of carboxylic acid groups (broad SMARTS) is 1. The fraction of sp³-hybridized carbons (Fsp3) is 0.471. The molecule has 0 aliphatic rings. The topological polar surface area (TPSA) is 92.4 Å². The van der Waals surface area contributed by atoms with E-state index in [1.54, 1.807) is 0 Å². The Balaban J connectivity index is 1.92. The van der Waals surface area contributed by atoms with Gasteiger partial charge in [-0.1, -0.05) is 26.8 Å². The predicted octanol–water partition coefficient (Wildman–Crippen LogP) is 3.34. The van der Waals surface area contributed by atoms with Gasteiger partial charge in [-0.15, -0.1) is 11.3 Å². The Bertz CT molecular complexity index is 686. The molecule has 0 saturated heterocycles. The molecule has 1 unspecified atom stereocenters. The Labute approximate surface area is 144 Å². The summed E-state index contributed by atoms with van der Waals surface area (Å²) >= 11 is 1.50. The van der Waals surface area contributed by atoms with Crippen LogP contribution in [0.5, 0.6) is 0 Å². The zero-order valence-electron chi connectivity index (χ0n) is 14.0. The maximum Gasteiger partial charge on any atom is 0.326 e. The fourth-order valence-electron chi connectivity index (χ4n) is 2.15. The molecule has 6 nitrogen and oxygen atoms in total.